The predicted molar refractivity (Wildman–Crippen MR) is 134 cm³/mol. The number of amides is 2. The topological polar surface area (TPSA) is 87.4 Å². The molecule has 1 aromatic carbocycles. The monoisotopic (exact) mass is 520 g/mol. The van der Waals surface area contributed by atoms with E-state index in [2.05, 4.69) is 26.1 Å². The Labute approximate surface area is 202 Å². The number of carbonyl (C=O) groups is 1. The molecule has 0 unspecified atom stereocenters. The lowest BCUT2D eigenvalue weighted by molar-refractivity contribution is 0.248. The van der Waals surface area contributed by atoms with Gasteiger partial charge in [-0.2, -0.15) is 4.98 Å². The maximum atomic E-state index is 12.3. The van der Waals surface area contributed by atoms with E-state index in [1.165, 1.54) is 24.1 Å². The van der Waals surface area contributed by atoms with Gasteiger partial charge >= 0.3 is 6.03 Å². The smallest absolute Gasteiger partial charge is 0.319 e. The highest BCUT2D eigenvalue weighted by Gasteiger charge is 2.31. The number of carbonyl (C=O) groups excluding carboxylic acids is 1. The van der Waals surface area contributed by atoms with Crippen LogP contribution in [0.3, 0.4) is 0 Å². The first kappa shape index (κ1) is 23.1. The number of nitrogens with one attached hydrogen (secondary N) is 1. The van der Waals surface area contributed by atoms with Crippen LogP contribution in [0.25, 0.3) is 0 Å². The molecule has 7 nitrogen and oxygen atoms in total. The Balaban J connectivity index is 1.46. The van der Waals surface area contributed by atoms with Gasteiger partial charge in [0.15, 0.2) is 0 Å². The van der Waals surface area contributed by atoms with Gasteiger partial charge in [0.25, 0.3) is 0 Å². The second-order valence-electron chi connectivity index (χ2n) is 8.85. The largest absolute Gasteiger partial charge is 0.362 e. The van der Waals surface area contributed by atoms with E-state index in [1.54, 1.807) is 11.0 Å². The molecule has 2 aliphatic rings. The molecule has 0 atom stereocenters. The van der Waals surface area contributed by atoms with Crippen LogP contribution in [-0.2, 0) is 12.8 Å². The summed E-state index contributed by atoms with van der Waals surface area (Å²) in [6.07, 6.45) is 7.92. The van der Waals surface area contributed by atoms with E-state index < -0.39 is 6.03 Å². The number of rotatable bonds is 5. The minimum atomic E-state index is -0.473. The van der Waals surface area contributed by atoms with Gasteiger partial charge in [-0.3, -0.25) is 4.90 Å². The number of nitrogens with two attached hydrogens (primary N) is 1. The number of hydrogen-bond donors (Lipinski definition) is 2. The molecule has 3 N–H and O–H groups in total. The number of benzene rings is 1. The van der Waals surface area contributed by atoms with Crippen molar-refractivity contribution in [2.45, 2.75) is 63.5 Å². The molecular weight excluding hydrogens is 492 g/mol. The van der Waals surface area contributed by atoms with Gasteiger partial charge in [-0.05, 0) is 69.6 Å². The van der Waals surface area contributed by atoms with Crippen LogP contribution < -0.4 is 20.9 Å². The van der Waals surface area contributed by atoms with E-state index in [9.17, 15) is 4.79 Å². The first-order valence-electron chi connectivity index (χ1n) is 11.2. The number of halogens is 2. The number of fused-ring (bicyclic) bond motifs is 1. The van der Waals surface area contributed by atoms with Crippen molar-refractivity contribution in [2.75, 3.05) is 29.2 Å². The molecule has 0 saturated heterocycles. The lowest BCUT2D eigenvalue weighted by Crippen LogP contribution is -2.47. The van der Waals surface area contributed by atoms with E-state index in [0.717, 1.165) is 48.8 Å². The van der Waals surface area contributed by atoms with Crippen LogP contribution in [0.15, 0.2) is 22.7 Å². The molecular formula is C23H30BrClN6O. The third-order valence-electron chi connectivity index (χ3n) is 6.39. The Hall–Kier alpha value is -2.06. The second kappa shape index (κ2) is 9.83. The van der Waals surface area contributed by atoms with E-state index in [1.807, 2.05) is 26.2 Å². The molecule has 1 fully saturated rings. The average Bonchev–Trinajstić information content (AvgIpc) is 2.76. The summed E-state index contributed by atoms with van der Waals surface area (Å²) in [6.45, 7) is 0. The van der Waals surface area contributed by atoms with Crippen LogP contribution in [-0.4, -0.2) is 42.2 Å². The van der Waals surface area contributed by atoms with Crippen LogP contribution in [0.4, 0.5) is 22.2 Å². The molecule has 1 heterocycles. The van der Waals surface area contributed by atoms with Gasteiger partial charge in [0, 0.05) is 36.2 Å². The third-order valence-corrected chi connectivity index (χ3v) is 7.18. The number of aryl methyl sites for hydroxylation is 1. The SMILES string of the molecule is CN(C)c1nc(NC2CCC(N(C(N)=O)c3ccc(Br)cc3Cl)CC2)nc2c1CCCC2. The number of primary amides is 1. The molecule has 4 rings (SSSR count). The summed E-state index contributed by atoms with van der Waals surface area (Å²) in [4.78, 5) is 25.7. The van der Waals surface area contributed by atoms with Crippen LogP contribution in [0.1, 0.15) is 49.8 Å². The molecule has 2 aliphatic carbocycles. The number of nitrogens with zero attached hydrogens (tertiary/aromatic N) is 4. The molecule has 0 spiro atoms. The summed E-state index contributed by atoms with van der Waals surface area (Å²) in [5.41, 5.74) is 8.88. The van der Waals surface area contributed by atoms with Crippen molar-refractivity contribution in [3.8, 4) is 0 Å². The van der Waals surface area contributed by atoms with Crippen molar-refractivity contribution in [1.82, 2.24) is 9.97 Å². The highest BCUT2D eigenvalue weighted by atomic mass is 79.9. The van der Waals surface area contributed by atoms with Crippen molar-refractivity contribution in [3.05, 3.63) is 39.0 Å². The molecule has 2 aromatic rings. The van der Waals surface area contributed by atoms with Gasteiger partial charge in [-0.1, -0.05) is 27.5 Å². The molecule has 0 bridgehead atoms. The minimum Gasteiger partial charge on any atom is -0.362 e. The van der Waals surface area contributed by atoms with E-state index in [0.29, 0.717) is 16.7 Å². The quantitative estimate of drug-likeness (QED) is 0.568. The maximum absolute atomic E-state index is 12.3. The fraction of sp³-hybridized carbons (Fsp3) is 0.522. The van der Waals surface area contributed by atoms with Gasteiger partial charge in [0.1, 0.15) is 5.82 Å². The van der Waals surface area contributed by atoms with Crippen molar-refractivity contribution >= 4 is 51.0 Å². The number of aromatic nitrogens is 2. The lowest BCUT2D eigenvalue weighted by atomic mass is 9.90. The fourth-order valence-corrected chi connectivity index (χ4v) is 5.61. The van der Waals surface area contributed by atoms with Gasteiger partial charge in [0.05, 0.1) is 16.4 Å². The summed E-state index contributed by atoms with van der Waals surface area (Å²) in [5, 5.41) is 4.07. The van der Waals surface area contributed by atoms with Crippen LogP contribution in [0, 0.1) is 0 Å². The van der Waals surface area contributed by atoms with Crippen LogP contribution in [0.2, 0.25) is 5.02 Å². The molecule has 0 aliphatic heterocycles. The fourth-order valence-electron chi connectivity index (χ4n) is 4.84. The molecule has 9 heteroatoms. The second-order valence-corrected chi connectivity index (χ2v) is 10.2. The Morgan fingerprint density at radius 2 is 1.88 bits per heavy atom. The zero-order valence-electron chi connectivity index (χ0n) is 18.6. The van der Waals surface area contributed by atoms with Crippen molar-refractivity contribution < 1.29 is 4.79 Å². The van der Waals surface area contributed by atoms with Gasteiger partial charge in [0.2, 0.25) is 5.95 Å². The summed E-state index contributed by atoms with van der Waals surface area (Å²) >= 11 is 9.82. The summed E-state index contributed by atoms with van der Waals surface area (Å²) in [7, 11) is 4.08. The van der Waals surface area contributed by atoms with Gasteiger partial charge < -0.3 is 16.0 Å². The standard InChI is InChI=1S/C23H30BrClN6O/c1-30(2)21-17-5-3-4-6-19(17)28-23(29-21)27-15-8-10-16(11-9-15)31(22(26)32)20-12-7-14(24)13-18(20)25/h7,12-13,15-16H,3-6,8-11H2,1-2H3,(H2,26,32)(H,27,28,29). The van der Waals surface area contributed by atoms with E-state index >= 15 is 0 Å². The normalized spacial score (nSPS) is 20.4. The summed E-state index contributed by atoms with van der Waals surface area (Å²) in [5.74, 6) is 1.73. The van der Waals surface area contributed by atoms with Gasteiger partial charge in [-0.15, -0.1) is 0 Å². The Morgan fingerprint density at radius 3 is 2.53 bits per heavy atom. The Bertz CT molecular complexity index is 993. The Kier molecular flexibility index (Phi) is 7.10. The Morgan fingerprint density at radius 1 is 1.16 bits per heavy atom. The predicted octanol–water partition coefficient (Wildman–Crippen LogP) is 5.15. The number of urea groups is 1. The zero-order valence-corrected chi connectivity index (χ0v) is 20.9. The van der Waals surface area contributed by atoms with Crippen molar-refractivity contribution in [3.63, 3.8) is 0 Å². The molecule has 172 valence electrons. The third kappa shape index (κ3) is 4.96. The molecule has 0 radical (unpaired) electrons. The molecule has 1 aromatic heterocycles. The first-order valence-corrected chi connectivity index (χ1v) is 12.4. The molecule has 32 heavy (non-hydrogen) atoms. The minimum absolute atomic E-state index is 0.0195. The lowest BCUT2D eigenvalue weighted by Gasteiger charge is -2.36. The number of hydrogen-bond acceptors (Lipinski definition) is 5. The summed E-state index contributed by atoms with van der Waals surface area (Å²) < 4.78 is 0.866. The van der Waals surface area contributed by atoms with Crippen molar-refractivity contribution in [1.29, 1.82) is 0 Å². The summed E-state index contributed by atoms with van der Waals surface area (Å²) in [6, 6.07) is 5.31. The van der Waals surface area contributed by atoms with E-state index in [-0.39, 0.29) is 12.1 Å². The van der Waals surface area contributed by atoms with E-state index in [4.69, 9.17) is 27.3 Å². The maximum Gasteiger partial charge on any atom is 0.319 e. The highest BCUT2D eigenvalue weighted by molar-refractivity contribution is 9.10. The molecule has 2 amide bonds. The average molecular weight is 522 g/mol. The highest BCUT2D eigenvalue weighted by Crippen LogP contribution is 2.35. The molecule has 1 saturated carbocycles. The number of anilines is 3. The zero-order chi connectivity index (χ0) is 22.8. The first-order chi connectivity index (χ1) is 15.3. The van der Waals surface area contributed by atoms with Crippen molar-refractivity contribution in [2.24, 2.45) is 5.73 Å². The van der Waals surface area contributed by atoms with Gasteiger partial charge in [-0.25, -0.2) is 9.78 Å². The van der Waals surface area contributed by atoms with Crippen LogP contribution >= 0.6 is 27.5 Å². The van der Waals surface area contributed by atoms with Crippen LogP contribution in [0.5, 0.6) is 0 Å².